The molecule has 0 amide bonds. The van der Waals surface area contributed by atoms with Crippen molar-refractivity contribution >= 4 is 23.2 Å². The smallest absolute Gasteiger partial charge is 0.292 e. The molecule has 0 radical (unpaired) electrons. The lowest BCUT2D eigenvalue weighted by molar-refractivity contribution is -1.35. The lowest BCUT2D eigenvalue weighted by Gasteiger charge is -2.49. The molecule has 2 aromatic heterocycles. The van der Waals surface area contributed by atoms with Crippen LogP contribution in [0.1, 0.15) is 36.9 Å². The van der Waals surface area contributed by atoms with Gasteiger partial charge in [-0.1, -0.05) is 42.3 Å². The number of nitrogens with two attached hydrogens (primary N) is 1. The maximum absolute atomic E-state index is 13.0. The first kappa shape index (κ1) is 26.0. The van der Waals surface area contributed by atoms with Gasteiger partial charge in [0, 0.05) is 16.8 Å². The van der Waals surface area contributed by atoms with Gasteiger partial charge in [-0.3, -0.25) is 5.73 Å². The van der Waals surface area contributed by atoms with Crippen molar-refractivity contribution in [2.45, 2.75) is 43.7 Å². The fourth-order valence-electron chi connectivity index (χ4n) is 5.82. The Morgan fingerprint density at radius 1 is 1.32 bits per heavy atom. The number of aromatic nitrogens is 4. The number of halogens is 2. The van der Waals surface area contributed by atoms with Gasteiger partial charge in [-0.05, 0) is 59.1 Å². The maximum Gasteiger partial charge on any atom is 0.292 e. The molecular weight excluding hydrogens is 519 g/mol. The average Bonchev–Trinajstić information content (AvgIpc) is 3.49. The van der Waals surface area contributed by atoms with Gasteiger partial charge >= 0.3 is 0 Å². The second-order valence-corrected chi connectivity index (χ2v) is 10.8. The number of nitrogens with zero attached hydrogens (tertiary/aromatic N) is 6. The van der Waals surface area contributed by atoms with E-state index in [1.807, 2.05) is 6.92 Å². The summed E-state index contributed by atoms with van der Waals surface area (Å²) in [4.78, 5) is 21.2. The van der Waals surface area contributed by atoms with E-state index >= 15 is 0 Å². The van der Waals surface area contributed by atoms with Crippen LogP contribution in [0.3, 0.4) is 0 Å². The number of nitro groups is 1. The lowest BCUT2D eigenvalue weighted by Crippen LogP contribution is -2.78. The van der Waals surface area contributed by atoms with Crippen LogP contribution in [-0.2, 0) is 12.1 Å². The molecule has 2 aliphatic rings. The van der Waals surface area contributed by atoms with Crippen LogP contribution in [0.2, 0.25) is 10.2 Å². The Bertz CT molecular complexity index is 1260. The topological polar surface area (TPSA) is 145 Å². The number of nitrogens with one attached hydrogen (secondary N) is 1. The van der Waals surface area contributed by atoms with Crippen molar-refractivity contribution in [1.82, 2.24) is 25.1 Å². The molecule has 4 N–H and O–H groups in total. The summed E-state index contributed by atoms with van der Waals surface area (Å²) < 4.78 is 0.649. The molecule has 3 aromatic rings. The van der Waals surface area contributed by atoms with E-state index in [-0.39, 0.29) is 41.7 Å². The summed E-state index contributed by atoms with van der Waals surface area (Å²) in [5, 5.41) is 33.8. The molecule has 11 nitrogen and oxygen atoms in total. The zero-order valence-corrected chi connectivity index (χ0v) is 21.8. The van der Waals surface area contributed by atoms with E-state index in [1.165, 1.54) is 23.5 Å². The number of quaternary nitrogens is 1. The Kier molecular flexibility index (Phi) is 6.71. The van der Waals surface area contributed by atoms with Crippen LogP contribution in [-0.4, -0.2) is 53.4 Å². The van der Waals surface area contributed by atoms with E-state index < -0.39 is 22.0 Å². The minimum absolute atomic E-state index is 0.0752. The Balaban J connectivity index is 1.72. The molecule has 1 saturated carbocycles. The van der Waals surface area contributed by atoms with Gasteiger partial charge in [0.15, 0.2) is 19.1 Å². The van der Waals surface area contributed by atoms with Crippen LogP contribution in [0.15, 0.2) is 55.2 Å². The molecule has 37 heavy (non-hydrogen) atoms. The van der Waals surface area contributed by atoms with Gasteiger partial charge in [-0.25, -0.2) is 30.1 Å². The van der Waals surface area contributed by atoms with E-state index in [2.05, 4.69) is 20.4 Å². The molecule has 1 saturated heterocycles. The summed E-state index contributed by atoms with van der Waals surface area (Å²) >= 11 is 12.1. The fraction of sp³-hybridized carbons (Fsp3) is 0.458. The Morgan fingerprint density at radius 2 is 2.05 bits per heavy atom. The highest BCUT2D eigenvalue weighted by atomic mass is 35.5. The van der Waals surface area contributed by atoms with Crippen molar-refractivity contribution in [1.29, 1.82) is 0 Å². The molecule has 13 heteroatoms. The monoisotopic (exact) mass is 547 g/mol. The Labute approximate surface area is 223 Å². The molecule has 5 atom stereocenters. The summed E-state index contributed by atoms with van der Waals surface area (Å²) in [6, 6.07) is 9.04. The van der Waals surface area contributed by atoms with Crippen molar-refractivity contribution in [2.24, 2.45) is 17.6 Å². The minimum atomic E-state index is -1.80. The summed E-state index contributed by atoms with van der Waals surface area (Å²) in [6.07, 6.45) is 6.17. The number of rotatable bonds is 9. The fourth-order valence-corrected chi connectivity index (χ4v) is 6.05. The molecule has 1 aliphatic heterocycles. The van der Waals surface area contributed by atoms with Crippen molar-refractivity contribution in [2.75, 3.05) is 13.1 Å². The summed E-state index contributed by atoms with van der Waals surface area (Å²) in [7, 11) is 0. The van der Waals surface area contributed by atoms with Crippen LogP contribution in [0.4, 0.5) is 0 Å². The maximum atomic E-state index is 13.0. The Hall–Kier alpha value is -2.67. The van der Waals surface area contributed by atoms with Gasteiger partial charge in [-0.2, -0.15) is 5.10 Å². The van der Waals surface area contributed by atoms with Crippen molar-refractivity contribution in [3.8, 4) is 0 Å². The van der Waals surface area contributed by atoms with E-state index in [0.717, 1.165) is 12.8 Å². The van der Waals surface area contributed by atoms with Crippen molar-refractivity contribution in [3.05, 3.63) is 86.7 Å². The van der Waals surface area contributed by atoms with Gasteiger partial charge in [0.1, 0.15) is 23.4 Å². The molecule has 1 aliphatic carbocycles. The van der Waals surface area contributed by atoms with Crippen LogP contribution in [0.5, 0.6) is 0 Å². The van der Waals surface area contributed by atoms with Gasteiger partial charge in [-0.15, -0.1) is 0 Å². The van der Waals surface area contributed by atoms with E-state index in [0.29, 0.717) is 16.1 Å². The normalized spacial score (nSPS) is 26.9. The zero-order valence-electron chi connectivity index (χ0n) is 20.2. The third-order valence-corrected chi connectivity index (χ3v) is 8.46. The van der Waals surface area contributed by atoms with Crippen LogP contribution in [0.25, 0.3) is 0 Å². The van der Waals surface area contributed by atoms with E-state index in [4.69, 9.17) is 28.9 Å². The van der Waals surface area contributed by atoms with Gasteiger partial charge < -0.3 is 5.11 Å². The first-order chi connectivity index (χ1) is 17.6. The summed E-state index contributed by atoms with van der Waals surface area (Å²) in [6.45, 7) is 2.20. The standard InChI is InChI=1S/C24H29Cl2N8O3/c1-16(18-3-4-18)23(35,19-5-7-20(25)8-6-19)22(32-15-28-14-31-32)24(27)30-10-11-34(24,33(36)37)13-17-2-9-21(26)29-12-17/h2,5-9,12,14-16,18,22,30,35H,3-4,10-11,13,27H2,1H3/q+1. The van der Waals surface area contributed by atoms with Gasteiger partial charge in [0.05, 0.1) is 6.54 Å². The van der Waals surface area contributed by atoms with Crippen LogP contribution < -0.4 is 11.1 Å². The molecule has 5 unspecified atom stereocenters. The third-order valence-electron chi connectivity index (χ3n) is 7.99. The highest BCUT2D eigenvalue weighted by Gasteiger charge is 2.72. The quantitative estimate of drug-likeness (QED) is 0.160. The first-order valence-electron chi connectivity index (χ1n) is 12.1. The summed E-state index contributed by atoms with van der Waals surface area (Å²) in [5.41, 5.74) is 6.63. The molecule has 0 spiro atoms. The predicted octanol–water partition coefficient (Wildman–Crippen LogP) is 2.88. The highest BCUT2D eigenvalue weighted by molar-refractivity contribution is 6.30. The van der Waals surface area contributed by atoms with E-state index in [1.54, 1.807) is 36.4 Å². The number of aliphatic hydroxyl groups is 1. The average molecular weight is 548 g/mol. The number of benzene rings is 1. The molecule has 0 bridgehead atoms. The third kappa shape index (κ3) is 4.29. The van der Waals surface area contributed by atoms with Gasteiger partial charge in [0.25, 0.3) is 5.79 Å². The number of hydrogen-bond donors (Lipinski definition) is 3. The van der Waals surface area contributed by atoms with Crippen LogP contribution >= 0.6 is 23.2 Å². The molecule has 5 rings (SSSR count). The molecule has 1 aromatic carbocycles. The molecule has 196 valence electrons. The van der Waals surface area contributed by atoms with E-state index in [9.17, 15) is 15.2 Å². The minimum Gasteiger partial charge on any atom is -0.382 e. The summed E-state index contributed by atoms with van der Waals surface area (Å²) in [5.74, 6) is -1.89. The SMILES string of the molecule is CC(C1CC1)C(O)(c1ccc(Cl)cc1)C(n1cncn1)C1(N)NCC[N+]1(Cc1ccc(Cl)nc1)[N+](=O)[O-]. The first-order valence-corrected chi connectivity index (χ1v) is 12.9. The lowest BCUT2D eigenvalue weighted by atomic mass is 9.71. The largest absolute Gasteiger partial charge is 0.382 e. The second kappa shape index (κ2) is 9.57. The van der Waals surface area contributed by atoms with Crippen LogP contribution in [0, 0.1) is 22.0 Å². The molecular formula is C24H29Cl2N8O3+. The zero-order chi connectivity index (χ0) is 26.4. The van der Waals surface area contributed by atoms with Gasteiger partial charge in [0.2, 0.25) is 5.03 Å². The molecule has 2 fully saturated rings. The van der Waals surface area contributed by atoms with Crippen molar-refractivity contribution in [3.63, 3.8) is 0 Å². The Morgan fingerprint density at radius 3 is 2.62 bits per heavy atom. The number of pyridine rings is 1. The molecule has 3 heterocycles. The van der Waals surface area contributed by atoms with Crippen molar-refractivity contribution < 1.29 is 14.7 Å². The number of hydrogen-bond acceptors (Lipinski definition) is 8. The predicted molar refractivity (Wildman–Crippen MR) is 136 cm³/mol. The highest BCUT2D eigenvalue weighted by Crippen LogP contribution is 2.54. The second-order valence-electron chi connectivity index (χ2n) is 10.0.